The first-order valence-electron chi connectivity index (χ1n) is 23.6. The third kappa shape index (κ3) is 6.47. The summed E-state index contributed by atoms with van der Waals surface area (Å²) in [6, 6.07) is 74.4. The van der Waals surface area contributed by atoms with Gasteiger partial charge in [0.25, 0.3) is 0 Å². The number of aromatic nitrogens is 1. The zero-order chi connectivity index (χ0) is 44.3. The summed E-state index contributed by atoms with van der Waals surface area (Å²) in [5.74, 6) is 0. The maximum atomic E-state index is 2.50. The van der Waals surface area contributed by atoms with Crippen LogP contribution in [0.15, 0.2) is 200 Å². The van der Waals surface area contributed by atoms with Crippen LogP contribution in [0.3, 0.4) is 0 Å². The molecule has 0 bridgehead atoms. The van der Waals surface area contributed by atoms with Gasteiger partial charge in [-0.1, -0.05) is 165 Å². The monoisotopic (exact) mass is 846 g/mol. The molecule has 2 heteroatoms. The van der Waals surface area contributed by atoms with Crippen molar-refractivity contribution in [2.75, 3.05) is 4.90 Å². The van der Waals surface area contributed by atoms with Crippen LogP contribution >= 0.6 is 0 Å². The highest BCUT2D eigenvalue weighted by atomic mass is 15.1. The van der Waals surface area contributed by atoms with Crippen molar-refractivity contribution in [3.8, 4) is 39.1 Å². The minimum atomic E-state index is 0.895. The van der Waals surface area contributed by atoms with Crippen LogP contribution in [0.5, 0.6) is 0 Å². The molecular formula is C64H50N2. The molecule has 2 nitrogen and oxygen atoms in total. The first kappa shape index (κ1) is 39.6. The van der Waals surface area contributed by atoms with Crippen LogP contribution in [0.4, 0.5) is 17.1 Å². The van der Waals surface area contributed by atoms with E-state index < -0.39 is 0 Å². The van der Waals surface area contributed by atoms with Crippen LogP contribution in [0, 0.1) is 6.92 Å². The van der Waals surface area contributed by atoms with Crippen molar-refractivity contribution in [3.63, 3.8) is 0 Å². The molecule has 0 radical (unpaired) electrons. The molecule has 66 heavy (non-hydrogen) atoms. The third-order valence-electron chi connectivity index (χ3n) is 13.8. The Bertz CT molecular complexity index is 3760. The molecule has 0 atom stereocenters. The Morgan fingerprint density at radius 1 is 0.409 bits per heavy atom. The summed E-state index contributed by atoms with van der Waals surface area (Å²) in [7, 11) is 0. The Balaban J connectivity index is 0.00000225. The van der Waals surface area contributed by atoms with Gasteiger partial charge in [0.1, 0.15) is 0 Å². The maximum Gasteiger partial charge on any atom is 0.0541 e. The number of fused-ring (bicyclic) bond motifs is 9. The second-order valence-electron chi connectivity index (χ2n) is 17.6. The van der Waals surface area contributed by atoms with Gasteiger partial charge in [0.2, 0.25) is 0 Å². The molecule has 316 valence electrons. The summed E-state index contributed by atoms with van der Waals surface area (Å²) in [6.07, 6.45) is 7.99. The minimum Gasteiger partial charge on any atom is -0.310 e. The predicted molar refractivity (Wildman–Crippen MR) is 283 cm³/mol. The molecule has 1 heterocycles. The molecule has 2 aliphatic rings. The zero-order valence-electron chi connectivity index (χ0n) is 37.7. The molecular weight excluding hydrogens is 797 g/mol. The van der Waals surface area contributed by atoms with Gasteiger partial charge in [-0.15, -0.1) is 0 Å². The lowest BCUT2D eigenvalue weighted by Gasteiger charge is -2.26. The molecule has 0 amide bonds. The average molecular weight is 847 g/mol. The van der Waals surface area contributed by atoms with Crippen LogP contribution in [0.1, 0.15) is 43.4 Å². The van der Waals surface area contributed by atoms with E-state index in [0.29, 0.717) is 0 Å². The fourth-order valence-electron chi connectivity index (χ4n) is 11.0. The van der Waals surface area contributed by atoms with Crippen molar-refractivity contribution >= 4 is 72.6 Å². The van der Waals surface area contributed by atoms with E-state index in [4.69, 9.17) is 0 Å². The Morgan fingerprint density at radius 3 is 1.70 bits per heavy atom. The maximum absolute atomic E-state index is 2.50. The summed E-state index contributed by atoms with van der Waals surface area (Å²) in [6.45, 7) is 6.22. The molecule has 11 aromatic rings. The smallest absolute Gasteiger partial charge is 0.0541 e. The topological polar surface area (TPSA) is 8.17 Å². The highest BCUT2D eigenvalue weighted by molar-refractivity contribution is 6.10. The van der Waals surface area contributed by atoms with E-state index in [2.05, 4.69) is 229 Å². The standard InChI is InChI=1S/C62H44N2.C2H6/c1-40-23-32-57-58(35-40)62(43-25-24-41-13-5-6-14-42(41)36-43)56-20-8-7-19-55(56)61(57)44-26-33-51-45(37-44)38-46-39-50(31-34-52(46)51)63(47-15-3-2-4-16-47)48-27-29-49(30-28-48)64-59-21-11-9-17-53(59)54-18-10-12-22-60(54)64;1-2/h2-6,9-37,39H,7-8,38H2,1H3;1-2H3. The Kier molecular flexibility index (Phi) is 9.76. The molecule has 0 unspecified atom stereocenters. The van der Waals surface area contributed by atoms with Crippen molar-refractivity contribution in [1.29, 1.82) is 0 Å². The summed E-state index contributed by atoms with van der Waals surface area (Å²) in [5.41, 5.74) is 19.0. The second-order valence-corrected chi connectivity index (χ2v) is 17.6. The number of para-hydroxylation sites is 3. The van der Waals surface area contributed by atoms with Crippen LogP contribution < -0.4 is 15.3 Å². The van der Waals surface area contributed by atoms with Gasteiger partial charge in [0.15, 0.2) is 0 Å². The van der Waals surface area contributed by atoms with E-state index in [-0.39, 0.29) is 0 Å². The molecule has 0 aliphatic heterocycles. The molecule has 13 rings (SSSR count). The quantitative estimate of drug-likeness (QED) is 0.162. The molecule has 0 spiro atoms. The summed E-state index contributed by atoms with van der Waals surface area (Å²) in [5, 5.41) is 10.5. The van der Waals surface area contributed by atoms with Crippen molar-refractivity contribution in [2.24, 2.45) is 0 Å². The lowest BCUT2D eigenvalue weighted by atomic mass is 9.85. The predicted octanol–water partition coefficient (Wildman–Crippen LogP) is 16.2. The van der Waals surface area contributed by atoms with Gasteiger partial charge in [0.05, 0.1) is 11.0 Å². The molecule has 10 aromatic carbocycles. The fourth-order valence-corrected chi connectivity index (χ4v) is 11.0. The lowest BCUT2D eigenvalue weighted by molar-refractivity contribution is 1.12. The number of benzene rings is 10. The summed E-state index contributed by atoms with van der Waals surface area (Å²) in [4.78, 5) is 2.40. The van der Waals surface area contributed by atoms with E-state index in [0.717, 1.165) is 42.0 Å². The summed E-state index contributed by atoms with van der Waals surface area (Å²) >= 11 is 0. The summed E-state index contributed by atoms with van der Waals surface area (Å²) < 4.78 is 2.39. The van der Waals surface area contributed by atoms with E-state index in [1.807, 2.05) is 13.8 Å². The molecule has 0 saturated carbocycles. The lowest BCUT2D eigenvalue weighted by Crippen LogP contribution is -2.31. The van der Waals surface area contributed by atoms with Gasteiger partial charge in [-0.2, -0.15) is 0 Å². The number of nitrogens with zero attached hydrogens (tertiary/aromatic N) is 2. The normalized spacial score (nSPS) is 12.5. The number of rotatable bonds is 6. The number of aryl methyl sites for hydroxylation is 1. The molecule has 0 saturated heterocycles. The molecule has 2 aliphatic carbocycles. The van der Waals surface area contributed by atoms with Crippen molar-refractivity contribution in [3.05, 3.63) is 227 Å². The van der Waals surface area contributed by atoms with Crippen molar-refractivity contribution in [1.82, 2.24) is 4.57 Å². The van der Waals surface area contributed by atoms with Gasteiger partial charge in [-0.3, -0.25) is 0 Å². The Labute approximate surface area is 386 Å². The average Bonchev–Trinajstić information content (AvgIpc) is 3.91. The van der Waals surface area contributed by atoms with E-state index >= 15 is 0 Å². The highest BCUT2D eigenvalue weighted by Crippen LogP contribution is 2.44. The van der Waals surface area contributed by atoms with Crippen LogP contribution in [0.2, 0.25) is 0 Å². The number of hydrogen-bond donors (Lipinski definition) is 0. The van der Waals surface area contributed by atoms with Gasteiger partial charge in [-0.05, 0) is 169 Å². The first-order valence-corrected chi connectivity index (χ1v) is 23.6. The van der Waals surface area contributed by atoms with Gasteiger partial charge in [-0.25, -0.2) is 0 Å². The largest absolute Gasteiger partial charge is 0.310 e. The van der Waals surface area contributed by atoms with Gasteiger partial charge >= 0.3 is 0 Å². The van der Waals surface area contributed by atoms with Crippen molar-refractivity contribution in [2.45, 2.75) is 40.0 Å². The Morgan fingerprint density at radius 2 is 0.970 bits per heavy atom. The van der Waals surface area contributed by atoms with E-state index in [9.17, 15) is 0 Å². The van der Waals surface area contributed by atoms with Crippen LogP contribution in [-0.2, 0) is 6.42 Å². The Hall–Kier alpha value is -7.94. The van der Waals surface area contributed by atoms with Gasteiger partial charge < -0.3 is 9.47 Å². The highest BCUT2D eigenvalue weighted by Gasteiger charge is 2.24. The molecule has 1 aromatic heterocycles. The van der Waals surface area contributed by atoms with Crippen LogP contribution in [0.25, 0.3) is 94.6 Å². The second kappa shape index (κ2) is 16.2. The van der Waals surface area contributed by atoms with Gasteiger partial charge in [0, 0.05) is 33.5 Å². The van der Waals surface area contributed by atoms with Crippen LogP contribution in [-0.4, -0.2) is 4.57 Å². The first-order chi connectivity index (χ1) is 32.6. The minimum absolute atomic E-state index is 0.895. The van der Waals surface area contributed by atoms with E-state index in [1.54, 1.807) is 0 Å². The number of hydrogen-bond acceptors (Lipinski definition) is 1. The third-order valence-corrected chi connectivity index (χ3v) is 13.8. The van der Waals surface area contributed by atoms with E-state index in [1.165, 1.54) is 104 Å². The van der Waals surface area contributed by atoms with Crippen molar-refractivity contribution < 1.29 is 0 Å². The fraction of sp³-hybridized carbons (Fsp3) is 0.0938. The molecule has 0 N–H and O–H groups in total. The zero-order valence-corrected chi connectivity index (χ0v) is 37.7. The molecule has 0 fully saturated rings. The SMILES string of the molecule is CC.Cc1ccc2c(-c3ccc4c(c3)Cc3cc(N(c5ccccc5)c5ccc(-n6c7ccccc7c7ccccc76)cc5)ccc3-4)c3c(c(-c4ccc5ccccc5c4)c2c1)=CCCC=3. The number of anilines is 3.